The second-order valence-corrected chi connectivity index (χ2v) is 11.3. The van der Waals surface area contributed by atoms with Crippen LogP contribution in [0.15, 0.2) is 48.5 Å². The first-order valence-corrected chi connectivity index (χ1v) is 12.9. The van der Waals surface area contributed by atoms with Gasteiger partial charge in [-0.05, 0) is 31.4 Å². The van der Waals surface area contributed by atoms with Crippen molar-refractivity contribution in [3.63, 3.8) is 0 Å². The fourth-order valence-electron chi connectivity index (χ4n) is 3.78. The molecule has 0 amide bonds. The number of halogens is 1. The maximum absolute atomic E-state index is 14.8. The highest BCUT2D eigenvalue weighted by atomic mass is 32.2. The monoisotopic (exact) mass is 450 g/mol. The van der Waals surface area contributed by atoms with Gasteiger partial charge in [-0.2, -0.15) is 4.31 Å². The van der Waals surface area contributed by atoms with Crippen LogP contribution in [0.3, 0.4) is 0 Å². The van der Waals surface area contributed by atoms with Crippen LogP contribution < -0.4 is 4.74 Å². The molecular weight excluding hydrogens is 423 g/mol. The number of nitrogens with zero attached hydrogens (tertiary/aromatic N) is 2. The number of sulfonamides is 1. The van der Waals surface area contributed by atoms with Crippen molar-refractivity contribution in [2.45, 2.75) is 43.7 Å². The normalized spacial score (nSPS) is 23.8. The van der Waals surface area contributed by atoms with Gasteiger partial charge in [-0.15, -0.1) is 0 Å². The van der Waals surface area contributed by atoms with Crippen molar-refractivity contribution >= 4 is 22.0 Å². The molecule has 0 radical (unpaired) electrons. The Labute approximate surface area is 182 Å². The van der Waals surface area contributed by atoms with E-state index in [0.717, 1.165) is 12.8 Å². The molecule has 0 bridgehead atoms. The molecule has 2 aliphatic rings. The van der Waals surface area contributed by atoms with E-state index in [1.165, 1.54) is 22.2 Å². The van der Waals surface area contributed by atoms with Crippen molar-refractivity contribution < 1.29 is 17.5 Å². The predicted molar refractivity (Wildman–Crippen MR) is 118 cm³/mol. The molecule has 0 N–H and O–H groups in total. The highest BCUT2D eigenvalue weighted by Crippen LogP contribution is 2.43. The molecule has 2 aromatic carbocycles. The molecule has 4 rings (SSSR count). The molecule has 0 saturated carbocycles. The number of hydrogen-bond donors (Lipinski definition) is 0. The van der Waals surface area contributed by atoms with Crippen LogP contribution in [0.25, 0.3) is 0 Å². The first-order chi connectivity index (χ1) is 14.3. The first-order valence-electron chi connectivity index (χ1n) is 10.2. The zero-order chi connectivity index (χ0) is 21.3. The lowest BCUT2D eigenvalue weighted by Crippen LogP contribution is -2.55. The number of hydrogen-bond acceptors (Lipinski definition) is 5. The summed E-state index contributed by atoms with van der Waals surface area (Å²) < 4.78 is 47.0. The lowest BCUT2D eigenvalue weighted by molar-refractivity contribution is 0.0764. The van der Waals surface area contributed by atoms with Crippen LogP contribution in [0.2, 0.25) is 0 Å². The summed E-state index contributed by atoms with van der Waals surface area (Å²) in [6, 6.07) is 15.8. The van der Waals surface area contributed by atoms with E-state index in [9.17, 15) is 12.8 Å². The topological polar surface area (TPSA) is 49.9 Å². The lowest BCUT2D eigenvalue weighted by atomic mass is 10.0. The molecule has 1 unspecified atom stereocenters. The molecule has 0 spiro atoms. The standard InChI is InChI=1S/C22H27FN2O3S2/c1-16-8-11-22(17-6-4-3-5-7-17)29-25(16)13-18-9-10-19(12-21(18)23)28-20-14-24(15-20)30(2,26)27/h3-7,9-10,12,16,20,22H,8,11,13-15H2,1-2H3/t16-,22?/m0/s1. The van der Waals surface area contributed by atoms with Gasteiger partial charge in [0.25, 0.3) is 0 Å². The minimum Gasteiger partial charge on any atom is -0.488 e. The Morgan fingerprint density at radius 2 is 1.87 bits per heavy atom. The molecule has 0 aliphatic carbocycles. The van der Waals surface area contributed by atoms with Gasteiger partial charge in [-0.3, -0.25) is 0 Å². The quantitative estimate of drug-likeness (QED) is 0.617. The lowest BCUT2D eigenvalue weighted by Gasteiger charge is -2.37. The van der Waals surface area contributed by atoms with Gasteiger partial charge in [0.15, 0.2) is 0 Å². The first kappa shape index (κ1) is 21.6. The number of rotatable bonds is 6. The fraction of sp³-hybridized carbons (Fsp3) is 0.455. The largest absolute Gasteiger partial charge is 0.488 e. The van der Waals surface area contributed by atoms with E-state index in [4.69, 9.17) is 4.74 Å². The van der Waals surface area contributed by atoms with Gasteiger partial charge in [-0.25, -0.2) is 17.1 Å². The van der Waals surface area contributed by atoms with E-state index in [1.54, 1.807) is 24.1 Å². The van der Waals surface area contributed by atoms with E-state index >= 15 is 0 Å². The van der Waals surface area contributed by atoms with E-state index < -0.39 is 10.0 Å². The van der Waals surface area contributed by atoms with E-state index in [2.05, 4.69) is 35.5 Å². The Morgan fingerprint density at radius 3 is 2.53 bits per heavy atom. The van der Waals surface area contributed by atoms with Gasteiger partial charge >= 0.3 is 0 Å². The summed E-state index contributed by atoms with van der Waals surface area (Å²) in [6.07, 6.45) is 3.15. The zero-order valence-corrected chi connectivity index (χ0v) is 18.8. The average molecular weight is 451 g/mol. The second-order valence-electron chi connectivity index (χ2n) is 8.08. The Kier molecular flexibility index (Phi) is 6.39. The van der Waals surface area contributed by atoms with E-state index in [-0.39, 0.29) is 11.9 Å². The molecular formula is C22H27FN2O3S2. The van der Waals surface area contributed by atoms with Crippen LogP contribution in [-0.2, 0) is 16.6 Å². The van der Waals surface area contributed by atoms with Crippen molar-refractivity contribution in [3.05, 3.63) is 65.5 Å². The van der Waals surface area contributed by atoms with Crippen LogP contribution in [0, 0.1) is 5.82 Å². The minimum absolute atomic E-state index is 0.228. The summed E-state index contributed by atoms with van der Waals surface area (Å²) in [6.45, 7) is 3.34. The molecule has 0 aromatic heterocycles. The summed E-state index contributed by atoms with van der Waals surface area (Å²) in [4.78, 5) is 0. The molecule has 8 heteroatoms. The zero-order valence-electron chi connectivity index (χ0n) is 17.2. The summed E-state index contributed by atoms with van der Waals surface area (Å²) in [5, 5.41) is 0.393. The van der Waals surface area contributed by atoms with Crippen molar-refractivity contribution in [2.75, 3.05) is 19.3 Å². The summed E-state index contributed by atoms with van der Waals surface area (Å²) >= 11 is 1.80. The van der Waals surface area contributed by atoms with Gasteiger partial charge in [0.2, 0.25) is 10.0 Å². The van der Waals surface area contributed by atoms with Crippen molar-refractivity contribution in [1.82, 2.24) is 8.61 Å². The van der Waals surface area contributed by atoms with E-state index in [0.29, 0.717) is 42.2 Å². The molecule has 2 atom stereocenters. The number of benzene rings is 2. The second kappa shape index (κ2) is 8.86. The third-order valence-corrected chi connectivity index (χ3v) is 8.47. The molecule has 2 fully saturated rings. The van der Waals surface area contributed by atoms with Crippen LogP contribution in [0.5, 0.6) is 5.75 Å². The van der Waals surface area contributed by atoms with Crippen molar-refractivity contribution in [1.29, 1.82) is 0 Å². The van der Waals surface area contributed by atoms with Crippen LogP contribution in [0.1, 0.15) is 36.1 Å². The third-order valence-electron chi connectivity index (χ3n) is 5.71. The SMILES string of the molecule is C[C@H]1CCC(c2ccccc2)SN1Cc1ccc(OC2CN(S(C)(=O)=O)C2)cc1F. The molecule has 2 heterocycles. The van der Waals surface area contributed by atoms with Crippen LogP contribution in [-0.4, -0.2) is 48.5 Å². The maximum Gasteiger partial charge on any atom is 0.211 e. The highest BCUT2D eigenvalue weighted by molar-refractivity contribution is 7.97. The van der Waals surface area contributed by atoms with Crippen molar-refractivity contribution in [3.8, 4) is 5.75 Å². The van der Waals surface area contributed by atoms with Gasteiger partial charge in [0, 0.05) is 29.5 Å². The summed E-state index contributed by atoms with van der Waals surface area (Å²) in [5.41, 5.74) is 1.95. The van der Waals surface area contributed by atoms with Gasteiger partial charge in [0.1, 0.15) is 17.7 Å². The minimum atomic E-state index is -3.18. The van der Waals surface area contributed by atoms with E-state index in [1.807, 2.05) is 6.07 Å². The predicted octanol–water partition coefficient (Wildman–Crippen LogP) is 4.22. The highest BCUT2D eigenvalue weighted by Gasteiger charge is 2.35. The van der Waals surface area contributed by atoms with Gasteiger partial charge < -0.3 is 4.74 Å². The molecule has 2 saturated heterocycles. The van der Waals surface area contributed by atoms with Crippen LogP contribution >= 0.6 is 11.9 Å². The Morgan fingerprint density at radius 1 is 1.13 bits per heavy atom. The van der Waals surface area contributed by atoms with Gasteiger partial charge in [-0.1, -0.05) is 48.3 Å². The summed E-state index contributed by atoms with van der Waals surface area (Å²) in [7, 11) is -3.18. The van der Waals surface area contributed by atoms with Gasteiger partial charge in [0.05, 0.1) is 19.3 Å². The molecule has 2 aromatic rings. The number of ether oxygens (including phenoxy) is 1. The summed E-state index contributed by atoms with van der Waals surface area (Å²) in [5.74, 6) is 0.150. The third kappa shape index (κ3) is 4.99. The smallest absolute Gasteiger partial charge is 0.211 e. The molecule has 5 nitrogen and oxygen atoms in total. The Bertz CT molecular complexity index is 981. The Balaban J connectivity index is 1.37. The average Bonchev–Trinajstić information content (AvgIpc) is 2.67. The fourth-order valence-corrected chi connectivity index (χ4v) is 6.03. The van der Waals surface area contributed by atoms with Crippen LogP contribution in [0.4, 0.5) is 4.39 Å². The maximum atomic E-state index is 14.8. The molecule has 2 aliphatic heterocycles. The molecule has 30 heavy (non-hydrogen) atoms. The molecule has 162 valence electrons. The Hall–Kier alpha value is -1.61. The van der Waals surface area contributed by atoms with Crippen molar-refractivity contribution in [2.24, 2.45) is 0 Å².